The number of aromatic nitrogens is 1. The average molecular weight is 298 g/mol. The number of nitrogen functional groups attached to an aromatic ring is 1. The molecule has 2 aromatic rings. The van der Waals surface area contributed by atoms with Crippen LogP contribution in [0.5, 0.6) is 0 Å². The van der Waals surface area contributed by atoms with E-state index in [9.17, 15) is 4.79 Å². The van der Waals surface area contributed by atoms with Crippen LogP contribution in [-0.2, 0) is 5.75 Å². The number of pyridine rings is 1. The summed E-state index contributed by atoms with van der Waals surface area (Å²) in [5.41, 5.74) is 2.79. The lowest BCUT2D eigenvalue weighted by Crippen LogP contribution is -2.30. The molecule has 19 heavy (non-hydrogen) atoms. The molecular formula is C12H12ClN3O2S. The summed E-state index contributed by atoms with van der Waals surface area (Å²) in [7, 11) is 0. The normalized spacial score (nSPS) is 10.5. The maximum atomic E-state index is 11.4. The molecule has 100 valence electrons. The van der Waals surface area contributed by atoms with Crippen LogP contribution in [0.1, 0.15) is 21.9 Å². The first-order valence-corrected chi connectivity index (χ1v) is 6.81. The minimum absolute atomic E-state index is 0.227. The number of hydrogen-bond acceptors (Lipinski definition) is 5. The van der Waals surface area contributed by atoms with Crippen molar-refractivity contribution in [3.8, 4) is 0 Å². The Morgan fingerprint density at radius 2 is 2.42 bits per heavy atom. The molecular weight excluding hydrogens is 286 g/mol. The molecule has 0 bridgehead atoms. The molecule has 0 spiro atoms. The third-order valence-electron chi connectivity index (χ3n) is 2.38. The molecule has 0 aliphatic carbocycles. The number of halogens is 1. The molecule has 0 radical (unpaired) electrons. The Bertz CT molecular complexity index is 600. The van der Waals surface area contributed by atoms with Gasteiger partial charge in [-0.25, -0.2) is 10.8 Å². The molecule has 0 saturated carbocycles. The fraction of sp³-hybridized carbons (Fsp3) is 0.167. The summed E-state index contributed by atoms with van der Waals surface area (Å²) in [6.45, 7) is 1.79. The zero-order valence-electron chi connectivity index (χ0n) is 10.1. The quantitative estimate of drug-likeness (QED) is 0.392. The van der Waals surface area contributed by atoms with E-state index in [2.05, 4.69) is 4.98 Å². The molecule has 3 N–H and O–H groups in total. The predicted molar refractivity (Wildman–Crippen MR) is 73.9 cm³/mol. The van der Waals surface area contributed by atoms with E-state index in [1.165, 1.54) is 11.8 Å². The molecule has 1 amide bonds. The van der Waals surface area contributed by atoms with Crippen molar-refractivity contribution in [3.63, 3.8) is 0 Å². The van der Waals surface area contributed by atoms with Crippen LogP contribution < -0.4 is 11.3 Å². The number of thioether (sulfide) groups is 1. The van der Waals surface area contributed by atoms with E-state index in [0.29, 0.717) is 16.5 Å². The molecule has 0 aromatic carbocycles. The zero-order chi connectivity index (χ0) is 13.8. The van der Waals surface area contributed by atoms with Crippen LogP contribution in [0.25, 0.3) is 0 Å². The highest BCUT2D eigenvalue weighted by atomic mass is 35.5. The Morgan fingerprint density at radius 3 is 3.11 bits per heavy atom. The van der Waals surface area contributed by atoms with Crippen LogP contribution in [0.2, 0.25) is 5.02 Å². The second-order valence-corrected chi connectivity index (χ2v) is 5.15. The number of aryl methyl sites for hydroxylation is 1. The lowest BCUT2D eigenvalue weighted by molar-refractivity contribution is 0.0923. The number of rotatable bonds is 4. The topological polar surface area (TPSA) is 81.2 Å². The number of hydrogen-bond donors (Lipinski definition) is 2. The molecule has 0 saturated heterocycles. The summed E-state index contributed by atoms with van der Waals surface area (Å²) in [5.74, 6) is 6.07. The summed E-state index contributed by atoms with van der Waals surface area (Å²) in [6, 6.07) is 5.35. The molecule has 7 heteroatoms. The van der Waals surface area contributed by atoms with Crippen molar-refractivity contribution in [2.24, 2.45) is 5.84 Å². The first-order chi connectivity index (χ1) is 9.11. The SMILES string of the molecule is Cc1cc(CSc2ncccc2Cl)oc1C(=O)NN. The van der Waals surface area contributed by atoms with Crippen molar-refractivity contribution in [1.82, 2.24) is 10.4 Å². The Hall–Kier alpha value is -1.50. The standard InChI is InChI=1S/C12H12ClN3O2S/c1-7-5-8(18-10(7)11(17)16-14)6-19-12-9(13)3-2-4-15-12/h2-5H,6,14H2,1H3,(H,16,17). The van der Waals surface area contributed by atoms with Gasteiger partial charge in [-0.05, 0) is 25.1 Å². The van der Waals surface area contributed by atoms with Crippen LogP contribution >= 0.6 is 23.4 Å². The van der Waals surface area contributed by atoms with Crippen molar-refractivity contribution in [2.45, 2.75) is 17.7 Å². The van der Waals surface area contributed by atoms with Crippen LogP contribution in [0.3, 0.4) is 0 Å². The Labute approximate surface area is 119 Å². The van der Waals surface area contributed by atoms with E-state index in [1.54, 1.807) is 31.3 Å². The highest BCUT2D eigenvalue weighted by Crippen LogP contribution is 2.28. The van der Waals surface area contributed by atoms with E-state index in [4.69, 9.17) is 21.9 Å². The second-order valence-electron chi connectivity index (χ2n) is 3.78. The van der Waals surface area contributed by atoms with Crippen molar-refractivity contribution in [2.75, 3.05) is 0 Å². The van der Waals surface area contributed by atoms with E-state index < -0.39 is 5.91 Å². The minimum atomic E-state index is -0.440. The Morgan fingerprint density at radius 1 is 1.63 bits per heavy atom. The molecule has 2 rings (SSSR count). The number of nitrogens with zero attached hydrogens (tertiary/aromatic N) is 1. The molecule has 5 nitrogen and oxygen atoms in total. The fourth-order valence-corrected chi connectivity index (χ4v) is 2.57. The van der Waals surface area contributed by atoms with Gasteiger partial charge in [0.1, 0.15) is 10.8 Å². The predicted octanol–water partition coefficient (Wildman–Crippen LogP) is 2.53. The maximum absolute atomic E-state index is 11.4. The summed E-state index contributed by atoms with van der Waals surface area (Å²) < 4.78 is 5.44. The fourth-order valence-electron chi connectivity index (χ4n) is 1.53. The zero-order valence-corrected chi connectivity index (χ0v) is 11.7. The summed E-state index contributed by atoms with van der Waals surface area (Å²) >= 11 is 7.45. The van der Waals surface area contributed by atoms with Gasteiger partial charge < -0.3 is 4.42 Å². The van der Waals surface area contributed by atoms with E-state index in [0.717, 1.165) is 10.6 Å². The minimum Gasteiger partial charge on any atom is -0.455 e. The van der Waals surface area contributed by atoms with Crippen LogP contribution in [0.4, 0.5) is 0 Å². The molecule has 0 fully saturated rings. The number of amides is 1. The summed E-state index contributed by atoms with van der Waals surface area (Å²) in [5, 5.41) is 1.32. The third-order valence-corrected chi connectivity index (χ3v) is 3.83. The first-order valence-electron chi connectivity index (χ1n) is 5.45. The molecule has 2 aromatic heterocycles. The number of nitrogens with two attached hydrogens (primary N) is 1. The summed E-state index contributed by atoms with van der Waals surface area (Å²) in [6.07, 6.45) is 1.68. The van der Waals surface area contributed by atoms with Gasteiger partial charge in [-0.3, -0.25) is 10.2 Å². The van der Waals surface area contributed by atoms with E-state index >= 15 is 0 Å². The summed E-state index contributed by atoms with van der Waals surface area (Å²) in [4.78, 5) is 15.6. The van der Waals surface area contributed by atoms with Gasteiger partial charge in [0, 0.05) is 11.8 Å². The van der Waals surface area contributed by atoms with E-state index in [1.807, 2.05) is 5.43 Å². The largest absolute Gasteiger partial charge is 0.455 e. The van der Waals surface area contributed by atoms with Crippen LogP contribution in [0.15, 0.2) is 33.8 Å². The van der Waals surface area contributed by atoms with Crippen molar-refractivity contribution < 1.29 is 9.21 Å². The van der Waals surface area contributed by atoms with Gasteiger partial charge in [-0.2, -0.15) is 0 Å². The molecule has 0 aliphatic rings. The number of hydrazine groups is 1. The molecule has 0 atom stereocenters. The number of furan rings is 1. The van der Waals surface area contributed by atoms with Crippen molar-refractivity contribution >= 4 is 29.3 Å². The van der Waals surface area contributed by atoms with Gasteiger partial charge in [0.05, 0.1) is 10.8 Å². The highest BCUT2D eigenvalue weighted by molar-refractivity contribution is 7.98. The third kappa shape index (κ3) is 3.28. The monoisotopic (exact) mass is 297 g/mol. The van der Waals surface area contributed by atoms with E-state index in [-0.39, 0.29) is 5.76 Å². The van der Waals surface area contributed by atoms with Gasteiger partial charge in [0.25, 0.3) is 0 Å². The second kappa shape index (κ2) is 6.10. The Kier molecular flexibility index (Phi) is 4.47. The van der Waals surface area contributed by atoms with Gasteiger partial charge in [-0.1, -0.05) is 23.4 Å². The first kappa shape index (κ1) is 13.9. The van der Waals surface area contributed by atoms with Gasteiger partial charge in [0.2, 0.25) is 0 Å². The number of carbonyl (C=O) groups excluding carboxylic acids is 1. The van der Waals surface area contributed by atoms with Crippen molar-refractivity contribution in [3.05, 3.63) is 46.5 Å². The lowest BCUT2D eigenvalue weighted by atomic mass is 10.2. The van der Waals surface area contributed by atoms with Crippen LogP contribution in [0, 0.1) is 6.92 Å². The molecule has 0 unspecified atom stereocenters. The number of carbonyl (C=O) groups is 1. The molecule has 0 aliphatic heterocycles. The average Bonchev–Trinajstić information content (AvgIpc) is 2.78. The maximum Gasteiger partial charge on any atom is 0.301 e. The van der Waals surface area contributed by atoms with Gasteiger partial charge in [-0.15, -0.1) is 0 Å². The lowest BCUT2D eigenvalue weighted by Gasteiger charge is -2.00. The number of nitrogens with one attached hydrogen (secondary N) is 1. The highest BCUT2D eigenvalue weighted by Gasteiger charge is 2.15. The smallest absolute Gasteiger partial charge is 0.301 e. The van der Waals surface area contributed by atoms with Crippen LogP contribution in [-0.4, -0.2) is 10.9 Å². The van der Waals surface area contributed by atoms with Crippen molar-refractivity contribution in [1.29, 1.82) is 0 Å². The molecule has 2 heterocycles. The Balaban J connectivity index is 2.09. The van der Waals surface area contributed by atoms with Gasteiger partial charge >= 0.3 is 5.91 Å². The van der Waals surface area contributed by atoms with Gasteiger partial charge in [0.15, 0.2) is 5.76 Å².